The molecule has 1 aromatic heterocycles. The van der Waals surface area contributed by atoms with Gasteiger partial charge in [0.1, 0.15) is 12.1 Å². The second-order valence-corrected chi connectivity index (χ2v) is 6.00. The molecule has 29 heavy (non-hydrogen) atoms. The maximum atomic E-state index is 14.0. The van der Waals surface area contributed by atoms with Crippen LogP contribution in [-0.4, -0.2) is 23.6 Å². The van der Waals surface area contributed by atoms with Gasteiger partial charge in [0.25, 0.3) is 0 Å². The third kappa shape index (κ3) is 5.34. The molecule has 0 aliphatic carbocycles. The van der Waals surface area contributed by atoms with Crippen molar-refractivity contribution < 1.29 is 27.0 Å². The van der Waals surface area contributed by atoms with Crippen molar-refractivity contribution in [2.45, 2.75) is 12.6 Å². The average Bonchev–Trinajstić information content (AvgIpc) is 2.70. The predicted octanol–water partition coefficient (Wildman–Crippen LogP) is 5.09. The predicted molar refractivity (Wildman–Crippen MR) is 98.7 cm³/mol. The van der Waals surface area contributed by atoms with Crippen LogP contribution in [0.15, 0.2) is 55.0 Å². The largest absolute Gasteiger partial charge is 0.493 e. The second kappa shape index (κ2) is 8.76. The normalized spacial score (nSPS) is 11.2. The van der Waals surface area contributed by atoms with Gasteiger partial charge in [-0.05, 0) is 48.4 Å². The van der Waals surface area contributed by atoms with Crippen LogP contribution in [0.25, 0.3) is 0 Å². The second-order valence-electron chi connectivity index (χ2n) is 6.00. The van der Waals surface area contributed by atoms with Crippen LogP contribution in [0, 0.1) is 5.82 Å². The third-order valence-electron chi connectivity index (χ3n) is 4.01. The molecule has 3 aromatic rings. The number of alkyl halides is 3. The maximum Gasteiger partial charge on any atom is 0.416 e. The van der Waals surface area contributed by atoms with Crippen LogP contribution in [0.3, 0.4) is 0 Å². The highest BCUT2D eigenvalue weighted by atomic mass is 19.4. The van der Waals surface area contributed by atoms with Crippen molar-refractivity contribution in [2.24, 2.45) is 0 Å². The fraction of sp³-hybridized carbons (Fsp3) is 0.200. The fourth-order valence-corrected chi connectivity index (χ4v) is 2.56. The Labute approximate surface area is 164 Å². The molecule has 3 rings (SSSR count). The van der Waals surface area contributed by atoms with E-state index in [9.17, 15) is 17.6 Å². The number of rotatable bonds is 7. The number of ether oxygens (including phenoxy) is 2. The van der Waals surface area contributed by atoms with Gasteiger partial charge in [0.2, 0.25) is 0 Å². The molecule has 0 saturated heterocycles. The van der Waals surface area contributed by atoms with Gasteiger partial charge in [-0.1, -0.05) is 6.07 Å². The number of hydrogen-bond acceptors (Lipinski definition) is 5. The minimum atomic E-state index is -4.63. The van der Waals surface area contributed by atoms with Gasteiger partial charge in [-0.2, -0.15) is 13.2 Å². The number of nitrogens with one attached hydrogen (secondary N) is 1. The lowest BCUT2D eigenvalue weighted by Gasteiger charge is -2.14. The van der Waals surface area contributed by atoms with E-state index in [1.807, 2.05) is 0 Å². The average molecular weight is 407 g/mol. The number of nitrogens with zero attached hydrogens (tertiary/aromatic N) is 2. The monoisotopic (exact) mass is 407 g/mol. The molecule has 0 fully saturated rings. The zero-order valence-corrected chi connectivity index (χ0v) is 15.3. The van der Waals surface area contributed by atoms with Gasteiger partial charge in [-0.3, -0.25) is 0 Å². The number of aromatic nitrogens is 2. The van der Waals surface area contributed by atoms with E-state index in [1.165, 1.54) is 13.4 Å². The third-order valence-corrected chi connectivity index (χ3v) is 4.01. The van der Waals surface area contributed by atoms with Gasteiger partial charge in [0, 0.05) is 12.7 Å². The summed E-state index contributed by atoms with van der Waals surface area (Å²) in [6, 6.07) is 8.91. The molecule has 152 valence electrons. The summed E-state index contributed by atoms with van der Waals surface area (Å²) in [5, 5.41) is 3.15. The Hall–Kier alpha value is -3.36. The van der Waals surface area contributed by atoms with Crippen LogP contribution in [0.4, 0.5) is 23.4 Å². The highest BCUT2D eigenvalue weighted by molar-refractivity contribution is 5.46. The van der Waals surface area contributed by atoms with Crippen molar-refractivity contribution in [2.75, 3.05) is 19.0 Å². The first kappa shape index (κ1) is 20.4. The maximum absolute atomic E-state index is 14.0. The highest BCUT2D eigenvalue weighted by Crippen LogP contribution is 2.36. The Morgan fingerprint density at radius 2 is 1.79 bits per heavy atom. The summed E-state index contributed by atoms with van der Waals surface area (Å²) in [5.74, 6) is -0.207. The van der Waals surface area contributed by atoms with Crippen molar-refractivity contribution in [1.29, 1.82) is 0 Å². The molecule has 0 amide bonds. The molecular formula is C20H17F4N3O2. The molecule has 1 N–H and O–H groups in total. The molecule has 0 atom stereocenters. The summed E-state index contributed by atoms with van der Waals surface area (Å²) in [5.41, 5.74) is -0.163. The molecule has 0 aliphatic heterocycles. The molecule has 5 nitrogen and oxygen atoms in total. The molecule has 0 aliphatic rings. The van der Waals surface area contributed by atoms with Crippen LogP contribution < -0.4 is 14.8 Å². The van der Waals surface area contributed by atoms with Crippen molar-refractivity contribution >= 4 is 5.82 Å². The van der Waals surface area contributed by atoms with Crippen LogP contribution >= 0.6 is 0 Å². The Morgan fingerprint density at radius 3 is 2.45 bits per heavy atom. The van der Waals surface area contributed by atoms with Gasteiger partial charge in [-0.15, -0.1) is 0 Å². The summed E-state index contributed by atoms with van der Waals surface area (Å²) >= 11 is 0. The molecule has 2 aromatic carbocycles. The first-order chi connectivity index (χ1) is 13.9. The zero-order chi connectivity index (χ0) is 20.9. The number of anilines is 1. The lowest BCUT2D eigenvalue weighted by molar-refractivity contribution is -0.137. The van der Waals surface area contributed by atoms with Gasteiger partial charge in [0.05, 0.1) is 12.7 Å². The van der Waals surface area contributed by atoms with Gasteiger partial charge in [-0.25, -0.2) is 14.4 Å². The number of hydrogen-bond donors (Lipinski definition) is 1. The summed E-state index contributed by atoms with van der Waals surface area (Å²) < 4.78 is 62.7. The number of methoxy groups -OCH3 is 1. The number of halogens is 4. The van der Waals surface area contributed by atoms with E-state index in [-0.39, 0.29) is 11.5 Å². The van der Waals surface area contributed by atoms with Gasteiger partial charge < -0.3 is 14.8 Å². The first-order valence-electron chi connectivity index (χ1n) is 8.58. The van der Waals surface area contributed by atoms with Crippen LogP contribution in [-0.2, 0) is 12.6 Å². The minimum Gasteiger partial charge on any atom is -0.493 e. The summed E-state index contributed by atoms with van der Waals surface area (Å²) in [4.78, 5) is 7.90. The van der Waals surface area contributed by atoms with Crippen molar-refractivity contribution in [3.8, 4) is 17.2 Å². The SMILES string of the molecule is COc1cc(CCNc2ccncn2)ccc1Oc1ccc(C(F)(F)F)cc1F. The number of benzene rings is 2. The van der Waals surface area contributed by atoms with E-state index in [0.29, 0.717) is 30.6 Å². The summed E-state index contributed by atoms with van der Waals surface area (Å²) in [6.07, 6.45) is -0.906. The minimum absolute atomic E-state index is 0.193. The lowest BCUT2D eigenvalue weighted by atomic mass is 10.1. The quantitative estimate of drug-likeness (QED) is 0.553. The molecule has 9 heteroatoms. The molecule has 0 radical (unpaired) electrons. The Balaban J connectivity index is 1.69. The first-order valence-corrected chi connectivity index (χ1v) is 8.58. The fourth-order valence-electron chi connectivity index (χ4n) is 2.56. The van der Waals surface area contributed by atoms with E-state index in [2.05, 4.69) is 15.3 Å². The smallest absolute Gasteiger partial charge is 0.416 e. The molecule has 0 spiro atoms. The van der Waals surface area contributed by atoms with Crippen LogP contribution in [0.1, 0.15) is 11.1 Å². The Bertz CT molecular complexity index is 966. The van der Waals surface area contributed by atoms with E-state index in [4.69, 9.17) is 9.47 Å². The van der Waals surface area contributed by atoms with Crippen molar-refractivity contribution in [3.63, 3.8) is 0 Å². The Kier molecular flexibility index (Phi) is 6.16. The van der Waals surface area contributed by atoms with Gasteiger partial charge in [0.15, 0.2) is 23.1 Å². The molecular weight excluding hydrogens is 390 g/mol. The molecule has 0 saturated carbocycles. The van der Waals surface area contributed by atoms with Crippen molar-refractivity contribution in [1.82, 2.24) is 9.97 Å². The topological polar surface area (TPSA) is 56.3 Å². The molecule has 0 unspecified atom stereocenters. The summed E-state index contributed by atoms with van der Waals surface area (Å²) in [7, 11) is 1.42. The van der Waals surface area contributed by atoms with E-state index in [0.717, 1.165) is 17.7 Å². The van der Waals surface area contributed by atoms with E-state index < -0.39 is 17.6 Å². The van der Waals surface area contributed by atoms with Crippen molar-refractivity contribution in [3.05, 3.63) is 71.9 Å². The van der Waals surface area contributed by atoms with Crippen LogP contribution in [0.2, 0.25) is 0 Å². The summed E-state index contributed by atoms with van der Waals surface area (Å²) in [6.45, 7) is 0.605. The van der Waals surface area contributed by atoms with Gasteiger partial charge >= 0.3 is 6.18 Å². The van der Waals surface area contributed by atoms with E-state index >= 15 is 0 Å². The molecule has 1 heterocycles. The Morgan fingerprint density at radius 1 is 1.00 bits per heavy atom. The zero-order valence-electron chi connectivity index (χ0n) is 15.3. The standard InChI is InChI=1S/C20H17F4N3O2/c1-28-18-10-13(6-9-26-19-7-8-25-12-27-19)2-4-17(18)29-16-5-3-14(11-15(16)21)20(22,23)24/h2-5,7-8,10-12H,6,9H2,1H3,(H,25,26,27). The lowest BCUT2D eigenvalue weighted by Crippen LogP contribution is -2.06. The highest BCUT2D eigenvalue weighted by Gasteiger charge is 2.31. The van der Waals surface area contributed by atoms with E-state index in [1.54, 1.807) is 30.5 Å². The molecule has 0 bridgehead atoms. The van der Waals surface area contributed by atoms with Crippen LogP contribution in [0.5, 0.6) is 17.2 Å².